The van der Waals surface area contributed by atoms with Gasteiger partial charge in [0.25, 0.3) is 5.91 Å². The third-order valence-electron chi connectivity index (χ3n) is 7.15. The maximum absolute atomic E-state index is 15.2. The maximum Gasteiger partial charge on any atom is 0.276 e. The van der Waals surface area contributed by atoms with Crippen LogP contribution >= 0.6 is 0 Å². The quantitative estimate of drug-likeness (QED) is 0.643. The number of nitrogens with zero attached hydrogens (tertiary/aromatic N) is 2. The molecule has 140 valence electrons. The first-order valence-corrected chi connectivity index (χ1v) is 9.79. The average Bonchev–Trinajstić information content (AvgIpc) is 2.57. The Hall–Kier alpha value is -1.53. The molecule has 5 nitrogen and oxygen atoms in total. The Morgan fingerprint density at radius 2 is 2.12 bits per heavy atom. The van der Waals surface area contributed by atoms with Crippen LogP contribution in [-0.4, -0.2) is 39.8 Å². The zero-order chi connectivity index (χ0) is 17.9. The van der Waals surface area contributed by atoms with E-state index in [1.165, 1.54) is 25.5 Å². The molecule has 6 rings (SSSR count). The van der Waals surface area contributed by atoms with Crippen molar-refractivity contribution in [2.24, 2.45) is 17.3 Å². The first kappa shape index (κ1) is 16.6. The van der Waals surface area contributed by atoms with E-state index in [9.17, 15) is 4.79 Å². The number of alkyl halides is 1. The van der Waals surface area contributed by atoms with Crippen LogP contribution in [0, 0.1) is 17.3 Å². The number of carbonyl (C=O) groups is 1. The Morgan fingerprint density at radius 3 is 2.81 bits per heavy atom. The minimum Gasteiger partial charge on any atom is -0.298 e. The highest BCUT2D eigenvalue weighted by molar-refractivity contribution is 5.93. The number of rotatable bonds is 3. The predicted octanol–water partition coefficient (Wildman–Crippen LogP) is 2.87. The van der Waals surface area contributed by atoms with Crippen LogP contribution in [0.1, 0.15) is 60.1 Å². The third-order valence-corrected chi connectivity index (χ3v) is 7.15. The largest absolute Gasteiger partial charge is 0.298 e. The van der Waals surface area contributed by atoms with E-state index in [2.05, 4.69) is 9.88 Å². The molecule has 1 amide bonds. The normalized spacial score (nSPS) is 38.2. The molecule has 0 spiro atoms. The van der Waals surface area contributed by atoms with Crippen LogP contribution in [0.2, 0.25) is 0 Å². The Morgan fingerprint density at radius 1 is 1.35 bits per heavy atom. The topological polar surface area (TPSA) is 65.5 Å². The summed E-state index contributed by atoms with van der Waals surface area (Å²) in [4.78, 5) is 18.5. The molecule has 0 saturated heterocycles. The summed E-state index contributed by atoms with van der Waals surface area (Å²) < 4.78 is 15.2. The second-order valence-electron chi connectivity index (χ2n) is 9.34. The number of halogens is 1. The van der Waals surface area contributed by atoms with Gasteiger partial charge in [-0.1, -0.05) is 0 Å². The fourth-order valence-electron chi connectivity index (χ4n) is 6.80. The lowest BCUT2D eigenvalue weighted by Crippen LogP contribution is -2.57. The van der Waals surface area contributed by atoms with Gasteiger partial charge in [0, 0.05) is 37.9 Å². The second kappa shape index (κ2) is 5.73. The van der Waals surface area contributed by atoms with Gasteiger partial charge >= 0.3 is 0 Å². The summed E-state index contributed by atoms with van der Waals surface area (Å²) in [7, 11) is 0. The monoisotopic (exact) mass is 359 g/mol. The molecule has 2 heterocycles. The van der Waals surface area contributed by atoms with E-state index < -0.39 is 11.6 Å². The molecule has 4 fully saturated rings. The van der Waals surface area contributed by atoms with Gasteiger partial charge in [-0.05, 0) is 67.4 Å². The van der Waals surface area contributed by atoms with E-state index in [4.69, 9.17) is 5.21 Å². The lowest BCUT2D eigenvalue weighted by molar-refractivity contribution is -0.133. The van der Waals surface area contributed by atoms with Crippen molar-refractivity contribution < 1.29 is 14.4 Å². The zero-order valence-corrected chi connectivity index (χ0v) is 15.0. The minimum atomic E-state index is -0.911. The van der Waals surface area contributed by atoms with Crippen molar-refractivity contribution in [2.75, 3.05) is 13.1 Å². The molecule has 0 radical (unpaired) electrons. The van der Waals surface area contributed by atoms with Gasteiger partial charge in [0.05, 0.1) is 5.56 Å². The predicted molar refractivity (Wildman–Crippen MR) is 93.4 cm³/mol. The molecular formula is C20H26FN3O2. The summed E-state index contributed by atoms with van der Waals surface area (Å²) >= 11 is 0. The minimum absolute atomic E-state index is 0.143. The Labute approximate surface area is 152 Å². The lowest BCUT2D eigenvalue weighted by atomic mass is 9.48. The average molecular weight is 359 g/mol. The van der Waals surface area contributed by atoms with Crippen molar-refractivity contribution in [3.05, 3.63) is 29.1 Å². The molecule has 4 aliphatic carbocycles. The molecule has 1 aromatic heterocycles. The zero-order valence-electron chi connectivity index (χ0n) is 15.0. The molecule has 26 heavy (non-hydrogen) atoms. The highest BCUT2D eigenvalue weighted by atomic mass is 19.1. The lowest BCUT2D eigenvalue weighted by Gasteiger charge is -2.60. The molecule has 4 saturated carbocycles. The number of fused-ring (bicyclic) bond motifs is 1. The summed E-state index contributed by atoms with van der Waals surface area (Å²) in [5.74, 6) is 0.637. The van der Waals surface area contributed by atoms with Gasteiger partial charge in [-0.3, -0.25) is 19.9 Å². The molecule has 1 aromatic rings. The van der Waals surface area contributed by atoms with Crippen molar-refractivity contribution in [1.29, 1.82) is 0 Å². The van der Waals surface area contributed by atoms with Gasteiger partial charge in [0.15, 0.2) is 0 Å². The molecule has 6 heteroatoms. The molecule has 4 bridgehead atoms. The SMILES string of the molecule is O=C(NO)c1cnc2c(c1)CN(CC13CC4CC(CC(F)(C4)C1)C3)CC2. The fourth-order valence-corrected chi connectivity index (χ4v) is 6.80. The fraction of sp³-hybridized carbons (Fsp3) is 0.700. The number of hydrogen-bond donors (Lipinski definition) is 2. The highest BCUT2D eigenvalue weighted by Gasteiger charge is 2.58. The van der Waals surface area contributed by atoms with Crippen LogP contribution in [0.15, 0.2) is 12.3 Å². The number of aromatic nitrogens is 1. The molecule has 0 aromatic carbocycles. The third kappa shape index (κ3) is 2.74. The number of amides is 1. The van der Waals surface area contributed by atoms with Crippen LogP contribution < -0.4 is 5.48 Å². The van der Waals surface area contributed by atoms with Crippen LogP contribution in [0.5, 0.6) is 0 Å². The highest BCUT2D eigenvalue weighted by Crippen LogP contribution is 2.63. The van der Waals surface area contributed by atoms with Crippen molar-refractivity contribution in [2.45, 2.75) is 57.2 Å². The number of hydroxylamine groups is 1. The number of nitrogens with one attached hydrogen (secondary N) is 1. The second-order valence-corrected chi connectivity index (χ2v) is 9.34. The summed E-state index contributed by atoms with van der Waals surface area (Å²) in [5.41, 5.74) is 3.37. The van der Waals surface area contributed by atoms with E-state index >= 15 is 4.39 Å². The Kier molecular flexibility index (Phi) is 3.67. The van der Waals surface area contributed by atoms with Gasteiger partial charge < -0.3 is 0 Å². The van der Waals surface area contributed by atoms with Crippen molar-refractivity contribution in [1.82, 2.24) is 15.4 Å². The van der Waals surface area contributed by atoms with Crippen molar-refractivity contribution >= 4 is 5.91 Å². The van der Waals surface area contributed by atoms with Gasteiger partial charge in [-0.15, -0.1) is 0 Å². The van der Waals surface area contributed by atoms with E-state index in [0.717, 1.165) is 56.6 Å². The molecule has 5 aliphatic rings. The maximum atomic E-state index is 15.2. The molecule has 2 N–H and O–H groups in total. The standard InChI is InChI=1S/C20H26FN3O2/c21-20-7-13-3-14(8-20)6-19(5-13,11-20)12-24-2-1-17-16(10-24)4-15(9-22-17)18(25)23-26/h4,9,13-14,26H,1-3,5-8,10-12H2,(H,23,25). The molecule has 2 atom stereocenters. The van der Waals surface area contributed by atoms with Gasteiger partial charge in [-0.2, -0.15) is 0 Å². The number of hydrogen-bond acceptors (Lipinski definition) is 4. The Bertz CT molecular complexity index is 739. The van der Waals surface area contributed by atoms with Crippen LogP contribution in [0.4, 0.5) is 4.39 Å². The first-order chi connectivity index (χ1) is 12.5. The van der Waals surface area contributed by atoms with Gasteiger partial charge in [-0.25, -0.2) is 9.87 Å². The summed E-state index contributed by atoms with van der Waals surface area (Å²) in [6, 6.07) is 1.83. The number of pyridine rings is 1. The van der Waals surface area contributed by atoms with Crippen molar-refractivity contribution in [3.63, 3.8) is 0 Å². The summed E-state index contributed by atoms with van der Waals surface area (Å²) in [6.45, 7) is 2.66. The van der Waals surface area contributed by atoms with Crippen LogP contribution in [-0.2, 0) is 13.0 Å². The molecular weight excluding hydrogens is 333 g/mol. The van der Waals surface area contributed by atoms with Crippen molar-refractivity contribution in [3.8, 4) is 0 Å². The van der Waals surface area contributed by atoms with Gasteiger partial charge in [0.1, 0.15) is 5.67 Å². The molecule has 2 unspecified atom stereocenters. The van der Waals surface area contributed by atoms with Gasteiger partial charge in [0.2, 0.25) is 0 Å². The van der Waals surface area contributed by atoms with Crippen LogP contribution in [0.25, 0.3) is 0 Å². The molecule has 1 aliphatic heterocycles. The van der Waals surface area contributed by atoms with E-state index in [1.54, 1.807) is 5.48 Å². The van der Waals surface area contributed by atoms with Crippen LogP contribution in [0.3, 0.4) is 0 Å². The number of carbonyl (C=O) groups excluding carboxylic acids is 1. The summed E-state index contributed by atoms with van der Waals surface area (Å²) in [5, 5.41) is 8.84. The van der Waals surface area contributed by atoms with E-state index in [1.807, 2.05) is 6.07 Å². The first-order valence-electron chi connectivity index (χ1n) is 9.79. The van der Waals surface area contributed by atoms with E-state index in [-0.39, 0.29) is 5.41 Å². The Balaban J connectivity index is 1.34. The summed E-state index contributed by atoms with van der Waals surface area (Å²) in [6.07, 6.45) is 8.30. The smallest absolute Gasteiger partial charge is 0.276 e. The van der Waals surface area contributed by atoms with E-state index in [0.29, 0.717) is 17.4 Å².